The number of aryl methyl sites for hydroxylation is 1. The average molecular weight is 391 g/mol. The Bertz CT molecular complexity index is 777. The van der Waals surface area contributed by atoms with Gasteiger partial charge in [-0.3, -0.25) is 9.89 Å². The molecule has 0 spiro atoms. The molecule has 146 valence electrons. The Morgan fingerprint density at radius 2 is 2.26 bits per heavy atom. The number of hydrogen-bond acceptors (Lipinski definition) is 5. The van der Waals surface area contributed by atoms with Crippen LogP contribution in [0.1, 0.15) is 36.2 Å². The van der Waals surface area contributed by atoms with Crippen LogP contribution >= 0.6 is 11.6 Å². The Morgan fingerprint density at radius 3 is 2.96 bits per heavy atom. The third-order valence-electron chi connectivity index (χ3n) is 4.93. The molecule has 1 aliphatic rings. The maximum Gasteiger partial charge on any atom is 0.246 e. The zero-order valence-electron chi connectivity index (χ0n) is 16.1. The minimum Gasteiger partial charge on any atom is -0.356 e. The molecule has 2 atom stereocenters. The summed E-state index contributed by atoms with van der Waals surface area (Å²) in [6.45, 7) is 4.17. The smallest absolute Gasteiger partial charge is 0.246 e. The summed E-state index contributed by atoms with van der Waals surface area (Å²) in [7, 11) is 3.94. The molecule has 0 saturated carbocycles. The van der Waals surface area contributed by atoms with Gasteiger partial charge in [0, 0.05) is 24.7 Å². The molecule has 0 bridgehead atoms. The van der Waals surface area contributed by atoms with E-state index in [4.69, 9.17) is 16.1 Å². The van der Waals surface area contributed by atoms with E-state index in [9.17, 15) is 0 Å². The fourth-order valence-corrected chi connectivity index (χ4v) is 3.91. The van der Waals surface area contributed by atoms with Crippen LogP contribution in [0.3, 0.4) is 0 Å². The number of guanidine groups is 1. The summed E-state index contributed by atoms with van der Waals surface area (Å²) in [5.41, 5.74) is 1.26. The van der Waals surface area contributed by atoms with Gasteiger partial charge in [0.1, 0.15) is 0 Å². The van der Waals surface area contributed by atoms with Crippen molar-refractivity contribution in [1.82, 2.24) is 25.7 Å². The first-order valence-electron chi connectivity index (χ1n) is 9.26. The number of halogens is 1. The molecule has 3 rings (SSSR count). The van der Waals surface area contributed by atoms with E-state index in [1.54, 1.807) is 14.0 Å². The maximum absolute atomic E-state index is 6.23. The first-order valence-corrected chi connectivity index (χ1v) is 9.64. The van der Waals surface area contributed by atoms with Crippen LogP contribution in [0.25, 0.3) is 0 Å². The highest BCUT2D eigenvalue weighted by Crippen LogP contribution is 2.35. The van der Waals surface area contributed by atoms with Gasteiger partial charge < -0.3 is 15.2 Å². The highest BCUT2D eigenvalue weighted by atomic mass is 35.5. The standard InChI is InChI=1S/C19H27ClN6O/c1-13-24-17(27-25-13)12-23-19(21-2)22-11-15-7-5-9-26(3)18(15)14-6-4-8-16(20)10-14/h4,6,8,10,15,18H,5,7,9,11-12H2,1-3H3,(H2,21,22,23). The van der Waals surface area contributed by atoms with Crippen LogP contribution in [0.15, 0.2) is 33.8 Å². The number of aliphatic imine (C=N–C) groups is 1. The highest BCUT2D eigenvalue weighted by molar-refractivity contribution is 6.30. The summed E-state index contributed by atoms with van der Waals surface area (Å²) in [5.74, 6) is 2.37. The van der Waals surface area contributed by atoms with Crippen molar-refractivity contribution in [2.75, 3.05) is 27.2 Å². The molecule has 0 amide bonds. The van der Waals surface area contributed by atoms with Crippen molar-refractivity contribution >= 4 is 17.6 Å². The van der Waals surface area contributed by atoms with E-state index in [0.29, 0.717) is 30.2 Å². The van der Waals surface area contributed by atoms with Gasteiger partial charge in [0.05, 0.1) is 6.54 Å². The number of likely N-dealkylation sites (tertiary alicyclic amines) is 1. The lowest BCUT2D eigenvalue weighted by Crippen LogP contribution is -2.44. The molecule has 2 heterocycles. The Kier molecular flexibility index (Phi) is 6.68. The van der Waals surface area contributed by atoms with Crippen molar-refractivity contribution in [2.45, 2.75) is 32.4 Å². The molecule has 1 fully saturated rings. The predicted molar refractivity (Wildman–Crippen MR) is 107 cm³/mol. The second kappa shape index (κ2) is 9.19. The van der Waals surface area contributed by atoms with E-state index in [2.05, 4.69) is 49.8 Å². The van der Waals surface area contributed by atoms with Crippen LogP contribution in [-0.4, -0.2) is 48.2 Å². The molecule has 8 heteroatoms. The van der Waals surface area contributed by atoms with Crippen molar-refractivity contribution in [3.63, 3.8) is 0 Å². The normalized spacial score (nSPS) is 21.3. The van der Waals surface area contributed by atoms with Crippen LogP contribution in [0.2, 0.25) is 5.02 Å². The lowest BCUT2D eigenvalue weighted by Gasteiger charge is -2.40. The van der Waals surface area contributed by atoms with Gasteiger partial charge in [-0.15, -0.1) is 0 Å². The van der Waals surface area contributed by atoms with Crippen molar-refractivity contribution < 1.29 is 4.52 Å². The fourth-order valence-electron chi connectivity index (χ4n) is 3.71. The summed E-state index contributed by atoms with van der Waals surface area (Å²) < 4.78 is 5.13. The van der Waals surface area contributed by atoms with Gasteiger partial charge >= 0.3 is 0 Å². The van der Waals surface area contributed by atoms with Crippen molar-refractivity contribution in [2.24, 2.45) is 10.9 Å². The maximum atomic E-state index is 6.23. The van der Waals surface area contributed by atoms with Crippen LogP contribution in [-0.2, 0) is 6.54 Å². The zero-order chi connectivity index (χ0) is 19.2. The molecule has 1 aromatic heterocycles. The Hall–Kier alpha value is -2.12. The van der Waals surface area contributed by atoms with E-state index in [0.717, 1.165) is 30.5 Å². The number of nitrogens with one attached hydrogen (secondary N) is 2. The Morgan fingerprint density at radius 1 is 1.41 bits per heavy atom. The van der Waals surface area contributed by atoms with Gasteiger partial charge in [0.25, 0.3) is 0 Å². The van der Waals surface area contributed by atoms with Crippen molar-refractivity contribution in [1.29, 1.82) is 0 Å². The first-order chi connectivity index (χ1) is 13.1. The van der Waals surface area contributed by atoms with Gasteiger partial charge in [-0.25, -0.2) is 0 Å². The van der Waals surface area contributed by atoms with Crippen LogP contribution < -0.4 is 10.6 Å². The van der Waals surface area contributed by atoms with E-state index in [1.165, 1.54) is 12.0 Å². The number of piperidine rings is 1. The Balaban J connectivity index is 1.61. The monoisotopic (exact) mass is 390 g/mol. The molecule has 0 radical (unpaired) electrons. The molecule has 2 unspecified atom stereocenters. The molecule has 7 nitrogen and oxygen atoms in total. The number of aromatic nitrogens is 2. The van der Waals surface area contributed by atoms with E-state index in [-0.39, 0.29) is 0 Å². The predicted octanol–water partition coefficient (Wildman–Crippen LogP) is 2.78. The van der Waals surface area contributed by atoms with Crippen LogP contribution in [0, 0.1) is 12.8 Å². The summed E-state index contributed by atoms with van der Waals surface area (Å²) in [4.78, 5) is 10.9. The minimum atomic E-state index is 0.335. The number of rotatable bonds is 5. The number of hydrogen-bond donors (Lipinski definition) is 2. The molecule has 1 aromatic carbocycles. The second-order valence-corrected chi connectivity index (χ2v) is 7.36. The summed E-state index contributed by atoms with van der Waals surface area (Å²) in [6.07, 6.45) is 2.35. The zero-order valence-corrected chi connectivity index (χ0v) is 16.8. The minimum absolute atomic E-state index is 0.335. The van der Waals surface area contributed by atoms with E-state index in [1.807, 2.05) is 12.1 Å². The number of benzene rings is 1. The SMILES string of the molecule is CN=C(NCc1nc(C)no1)NCC1CCCN(C)C1c1cccc(Cl)c1. The van der Waals surface area contributed by atoms with Gasteiger partial charge in [0.15, 0.2) is 11.8 Å². The summed E-state index contributed by atoms with van der Waals surface area (Å²) in [6, 6.07) is 8.52. The highest BCUT2D eigenvalue weighted by Gasteiger charge is 2.30. The molecule has 2 N–H and O–H groups in total. The topological polar surface area (TPSA) is 78.6 Å². The van der Waals surface area contributed by atoms with Crippen molar-refractivity contribution in [3.05, 3.63) is 46.6 Å². The average Bonchev–Trinajstić information content (AvgIpc) is 3.07. The third-order valence-corrected chi connectivity index (χ3v) is 5.16. The molecule has 2 aromatic rings. The first kappa shape index (κ1) is 19.6. The lowest BCUT2D eigenvalue weighted by molar-refractivity contribution is 0.122. The van der Waals surface area contributed by atoms with Crippen molar-refractivity contribution in [3.8, 4) is 0 Å². The molecular weight excluding hydrogens is 364 g/mol. The van der Waals surface area contributed by atoms with E-state index < -0.39 is 0 Å². The van der Waals surface area contributed by atoms with E-state index >= 15 is 0 Å². The largest absolute Gasteiger partial charge is 0.356 e. The second-order valence-electron chi connectivity index (χ2n) is 6.92. The molecule has 27 heavy (non-hydrogen) atoms. The van der Waals surface area contributed by atoms with Gasteiger partial charge in [-0.05, 0) is 57.0 Å². The molecule has 0 aliphatic carbocycles. The quantitative estimate of drug-likeness (QED) is 0.603. The lowest BCUT2D eigenvalue weighted by atomic mass is 9.85. The molecule has 1 saturated heterocycles. The third kappa shape index (κ3) is 5.20. The van der Waals surface area contributed by atoms with Gasteiger partial charge in [-0.2, -0.15) is 4.98 Å². The fraction of sp³-hybridized carbons (Fsp3) is 0.526. The van der Waals surface area contributed by atoms with Crippen LogP contribution in [0.5, 0.6) is 0 Å². The summed E-state index contributed by atoms with van der Waals surface area (Å²) in [5, 5.41) is 11.2. The van der Waals surface area contributed by atoms with Gasteiger partial charge in [0.2, 0.25) is 5.89 Å². The number of nitrogens with zero attached hydrogens (tertiary/aromatic N) is 4. The molecule has 1 aliphatic heterocycles. The van der Waals surface area contributed by atoms with Gasteiger partial charge in [-0.1, -0.05) is 28.9 Å². The Labute approximate surface area is 165 Å². The summed E-state index contributed by atoms with van der Waals surface area (Å²) >= 11 is 6.23. The van der Waals surface area contributed by atoms with Crippen LogP contribution in [0.4, 0.5) is 0 Å². The molecular formula is C19H27ClN6O.